The third kappa shape index (κ3) is 0.501. The van der Waals surface area contributed by atoms with Crippen molar-refractivity contribution in [3.8, 4) is 0 Å². The van der Waals surface area contributed by atoms with E-state index >= 15 is 0 Å². The number of carbonyl (C=O) groups is 2. The molecular weight excluding hydrogens is 152 g/mol. The lowest BCUT2D eigenvalue weighted by Gasteiger charge is -2.42. The molecule has 0 heterocycles. The van der Waals surface area contributed by atoms with Gasteiger partial charge in [-0.1, -0.05) is 24.3 Å². The number of allylic oxidation sites excluding steroid dienone is 4. The van der Waals surface area contributed by atoms with Crippen LogP contribution in [0.2, 0.25) is 0 Å². The van der Waals surface area contributed by atoms with Gasteiger partial charge < -0.3 is 0 Å². The SMILES string of the molecule is O=C1C2C=CC2C(=O)C2C=CC12. The standard InChI is InChI=1S/C10H8O2/c11-9-5-1-2-6(5)10(12)8-4-3-7(8)9/h1-8H. The Morgan fingerprint density at radius 1 is 0.667 bits per heavy atom. The van der Waals surface area contributed by atoms with Crippen LogP contribution in [0.15, 0.2) is 24.3 Å². The van der Waals surface area contributed by atoms with Gasteiger partial charge in [0.25, 0.3) is 0 Å². The molecule has 60 valence electrons. The fourth-order valence-electron chi connectivity index (χ4n) is 2.20. The van der Waals surface area contributed by atoms with E-state index < -0.39 is 0 Å². The number of ketones is 2. The predicted octanol–water partition coefficient (Wildman–Crippen LogP) is 0.743. The van der Waals surface area contributed by atoms with Gasteiger partial charge >= 0.3 is 0 Å². The molecule has 12 heavy (non-hydrogen) atoms. The van der Waals surface area contributed by atoms with Crippen molar-refractivity contribution in [3.63, 3.8) is 0 Å². The largest absolute Gasteiger partial charge is 0.298 e. The molecule has 2 heteroatoms. The molecule has 4 atom stereocenters. The number of hydrogen-bond acceptors (Lipinski definition) is 2. The topological polar surface area (TPSA) is 34.1 Å². The van der Waals surface area contributed by atoms with Crippen molar-refractivity contribution in [2.45, 2.75) is 0 Å². The van der Waals surface area contributed by atoms with E-state index in [9.17, 15) is 9.59 Å². The van der Waals surface area contributed by atoms with Crippen molar-refractivity contribution in [2.75, 3.05) is 0 Å². The van der Waals surface area contributed by atoms with Gasteiger partial charge in [-0.05, 0) is 0 Å². The summed E-state index contributed by atoms with van der Waals surface area (Å²) in [7, 11) is 0. The van der Waals surface area contributed by atoms with Crippen molar-refractivity contribution in [3.05, 3.63) is 24.3 Å². The maximum Gasteiger partial charge on any atom is 0.148 e. The van der Waals surface area contributed by atoms with Gasteiger partial charge in [-0.25, -0.2) is 0 Å². The Balaban J connectivity index is 2.06. The number of hydrogen-bond donors (Lipinski definition) is 0. The second-order valence-corrected chi connectivity index (χ2v) is 3.68. The highest BCUT2D eigenvalue weighted by Gasteiger charge is 2.51. The summed E-state index contributed by atoms with van der Waals surface area (Å²) >= 11 is 0. The molecule has 0 aromatic rings. The predicted molar refractivity (Wildman–Crippen MR) is 42.3 cm³/mol. The lowest BCUT2D eigenvalue weighted by Crippen LogP contribution is -2.50. The Morgan fingerprint density at radius 3 is 1.08 bits per heavy atom. The van der Waals surface area contributed by atoms with Crippen LogP contribution in [0, 0.1) is 23.7 Å². The van der Waals surface area contributed by atoms with Crippen molar-refractivity contribution in [2.24, 2.45) is 23.7 Å². The lowest BCUT2D eigenvalue weighted by atomic mass is 9.58. The number of Topliss-reactive ketones (excluding diaryl/α,β-unsaturated/α-hetero) is 2. The minimum absolute atomic E-state index is 0.0799. The first-order valence-electron chi connectivity index (χ1n) is 4.23. The monoisotopic (exact) mass is 160 g/mol. The van der Waals surface area contributed by atoms with Gasteiger partial charge in [0.2, 0.25) is 0 Å². The molecule has 0 N–H and O–H groups in total. The minimum atomic E-state index is -0.0799. The van der Waals surface area contributed by atoms with Crippen molar-refractivity contribution < 1.29 is 9.59 Å². The number of carbonyl (C=O) groups excluding carboxylic acids is 2. The van der Waals surface area contributed by atoms with E-state index in [0.717, 1.165) is 0 Å². The molecule has 0 radical (unpaired) electrons. The molecule has 1 saturated carbocycles. The van der Waals surface area contributed by atoms with Crippen molar-refractivity contribution in [1.29, 1.82) is 0 Å². The molecule has 0 aromatic carbocycles. The third-order valence-electron chi connectivity index (χ3n) is 3.14. The molecule has 1 fully saturated rings. The molecule has 0 bridgehead atoms. The molecule has 0 amide bonds. The first kappa shape index (κ1) is 6.35. The van der Waals surface area contributed by atoms with Gasteiger partial charge in [0.15, 0.2) is 0 Å². The number of fused-ring (bicyclic) bond motifs is 2. The van der Waals surface area contributed by atoms with E-state index in [-0.39, 0.29) is 35.2 Å². The molecular formula is C10H8O2. The van der Waals surface area contributed by atoms with Gasteiger partial charge in [0, 0.05) is 23.7 Å². The van der Waals surface area contributed by atoms with Gasteiger partial charge in [-0.2, -0.15) is 0 Å². The highest BCUT2D eigenvalue weighted by Crippen LogP contribution is 2.44. The molecule has 0 spiro atoms. The van der Waals surface area contributed by atoms with Gasteiger partial charge in [-0.15, -0.1) is 0 Å². The van der Waals surface area contributed by atoms with E-state index in [0.29, 0.717) is 0 Å². The quantitative estimate of drug-likeness (QED) is 0.490. The zero-order valence-electron chi connectivity index (χ0n) is 6.44. The van der Waals surface area contributed by atoms with Crippen LogP contribution >= 0.6 is 0 Å². The zero-order chi connectivity index (χ0) is 8.29. The molecule has 2 nitrogen and oxygen atoms in total. The van der Waals surface area contributed by atoms with Crippen LogP contribution < -0.4 is 0 Å². The summed E-state index contributed by atoms with van der Waals surface area (Å²) in [6.07, 6.45) is 7.42. The van der Waals surface area contributed by atoms with Crippen LogP contribution in [0.1, 0.15) is 0 Å². The summed E-state index contributed by atoms with van der Waals surface area (Å²) in [4.78, 5) is 23.1. The Bertz CT molecular complexity index is 276. The highest BCUT2D eigenvalue weighted by molar-refractivity contribution is 6.06. The van der Waals surface area contributed by atoms with Crippen molar-refractivity contribution >= 4 is 11.6 Å². The Morgan fingerprint density at radius 2 is 0.917 bits per heavy atom. The smallest absolute Gasteiger partial charge is 0.148 e. The second-order valence-electron chi connectivity index (χ2n) is 3.68. The Kier molecular flexibility index (Phi) is 0.932. The molecule has 4 unspecified atom stereocenters. The van der Waals surface area contributed by atoms with Crippen LogP contribution in [0.25, 0.3) is 0 Å². The van der Waals surface area contributed by atoms with Gasteiger partial charge in [-0.3, -0.25) is 9.59 Å². The highest BCUT2D eigenvalue weighted by atomic mass is 16.1. The van der Waals surface area contributed by atoms with E-state index in [2.05, 4.69) is 0 Å². The lowest BCUT2D eigenvalue weighted by molar-refractivity contribution is -0.142. The fourth-order valence-corrected chi connectivity index (χ4v) is 2.20. The maximum absolute atomic E-state index is 11.5. The van der Waals surface area contributed by atoms with Crippen LogP contribution in [0.5, 0.6) is 0 Å². The first-order valence-corrected chi connectivity index (χ1v) is 4.23. The fraction of sp³-hybridized carbons (Fsp3) is 0.400. The minimum Gasteiger partial charge on any atom is -0.298 e. The summed E-state index contributed by atoms with van der Waals surface area (Å²) in [5, 5.41) is 0. The average molecular weight is 160 g/mol. The molecule has 3 aliphatic rings. The van der Waals surface area contributed by atoms with Crippen molar-refractivity contribution in [1.82, 2.24) is 0 Å². The van der Waals surface area contributed by atoms with E-state index in [1.54, 1.807) is 0 Å². The molecule has 0 aromatic heterocycles. The number of rotatable bonds is 0. The van der Waals surface area contributed by atoms with Crippen LogP contribution in [0.4, 0.5) is 0 Å². The summed E-state index contributed by atoms with van der Waals surface area (Å²) in [5.41, 5.74) is 0. The third-order valence-corrected chi connectivity index (χ3v) is 3.14. The zero-order valence-corrected chi connectivity index (χ0v) is 6.44. The van der Waals surface area contributed by atoms with Gasteiger partial charge in [0.05, 0.1) is 0 Å². The summed E-state index contributed by atoms with van der Waals surface area (Å²) in [6, 6.07) is 0. The van der Waals surface area contributed by atoms with Crippen LogP contribution in [-0.2, 0) is 9.59 Å². The summed E-state index contributed by atoms with van der Waals surface area (Å²) < 4.78 is 0. The maximum atomic E-state index is 11.5. The van der Waals surface area contributed by atoms with Gasteiger partial charge in [0.1, 0.15) is 11.6 Å². The summed E-state index contributed by atoms with van der Waals surface area (Å²) in [5.74, 6) is 0.170. The van der Waals surface area contributed by atoms with E-state index in [1.165, 1.54) is 0 Å². The molecule has 0 saturated heterocycles. The Labute approximate surface area is 70.0 Å². The molecule has 0 aliphatic heterocycles. The summed E-state index contributed by atoms with van der Waals surface area (Å²) in [6.45, 7) is 0. The molecule has 3 rings (SSSR count). The van der Waals surface area contributed by atoms with E-state index in [1.807, 2.05) is 24.3 Å². The normalized spacial score (nSPS) is 47.7. The first-order chi connectivity index (χ1) is 5.79. The molecule has 3 aliphatic carbocycles. The van der Waals surface area contributed by atoms with Crippen LogP contribution in [-0.4, -0.2) is 11.6 Å². The second kappa shape index (κ2) is 1.76. The average Bonchev–Trinajstić information content (AvgIpc) is 1.78. The van der Waals surface area contributed by atoms with E-state index in [4.69, 9.17) is 0 Å². The Hall–Kier alpha value is -1.18. The van der Waals surface area contributed by atoms with Crippen LogP contribution in [0.3, 0.4) is 0 Å².